The van der Waals surface area contributed by atoms with Crippen LogP contribution in [0.25, 0.3) is 11.1 Å². The van der Waals surface area contributed by atoms with Crippen molar-refractivity contribution >= 4 is 15.7 Å². The molecule has 0 saturated carbocycles. The van der Waals surface area contributed by atoms with Crippen LogP contribution in [-0.2, 0) is 9.84 Å². The highest BCUT2D eigenvalue weighted by Crippen LogP contribution is 2.20. The van der Waals surface area contributed by atoms with Crippen molar-refractivity contribution in [1.82, 2.24) is 15.5 Å². The third-order valence-corrected chi connectivity index (χ3v) is 5.24. The molecule has 0 aliphatic carbocycles. The monoisotopic (exact) mass is 369 g/mol. The molecule has 1 unspecified atom stereocenters. The van der Waals surface area contributed by atoms with E-state index in [-0.39, 0.29) is 16.8 Å². The maximum atomic E-state index is 12.5. The number of carbonyl (C=O) groups is 1. The first-order chi connectivity index (χ1) is 12.3. The SMILES string of the molecule is CC(NC(=O)c1cccc(-c2cn[nH]c2)c1)c1ccc(S(C)(=O)=O)cc1. The second-order valence-electron chi connectivity index (χ2n) is 6.10. The van der Waals surface area contributed by atoms with Gasteiger partial charge in [-0.15, -0.1) is 0 Å². The van der Waals surface area contributed by atoms with Crippen LogP contribution < -0.4 is 5.32 Å². The van der Waals surface area contributed by atoms with Gasteiger partial charge in [0.05, 0.1) is 17.1 Å². The average Bonchev–Trinajstić information content (AvgIpc) is 3.16. The summed E-state index contributed by atoms with van der Waals surface area (Å²) in [6, 6.07) is 13.6. The van der Waals surface area contributed by atoms with Gasteiger partial charge in [-0.25, -0.2) is 8.42 Å². The lowest BCUT2D eigenvalue weighted by atomic mass is 10.0. The minimum absolute atomic E-state index is 0.199. The van der Waals surface area contributed by atoms with Crippen LogP contribution in [0.15, 0.2) is 65.8 Å². The maximum absolute atomic E-state index is 12.5. The minimum Gasteiger partial charge on any atom is -0.346 e. The molecule has 1 aromatic heterocycles. The van der Waals surface area contributed by atoms with Gasteiger partial charge in [-0.05, 0) is 42.3 Å². The fraction of sp³-hybridized carbons (Fsp3) is 0.158. The third kappa shape index (κ3) is 4.00. The van der Waals surface area contributed by atoms with Crippen molar-refractivity contribution in [2.24, 2.45) is 0 Å². The lowest BCUT2D eigenvalue weighted by Gasteiger charge is -2.15. The van der Waals surface area contributed by atoms with E-state index in [0.29, 0.717) is 5.56 Å². The number of H-pyrrole nitrogens is 1. The zero-order valence-corrected chi connectivity index (χ0v) is 15.2. The molecule has 7 heteroatoms. The topological polar surface area (TPSA) is 91.9 Å². The smallest absolute Gasteiger partial charge is 0.251 e. The number of nitrogens with one attached hydrogen (secondary N) is 2. The molecule has 0 saturated heterocycles. The quantitative estimate of drug-likeness (QED) is 0.723. The first-order valence-corrected chi connectivity index (χ1v) is 9.94. The lowest BCUT2D eigenvalue weighted by Crippen LogP contribution is -2.26. The summed E-state index contributed by atoms with van der Waals surface area (Å²) < 4.78 is 23.1. The van der Waals surface area contributed by atoms with Crippen LogP contribution in [0.1, 0.15) is 28.9 Å². The summed E-state index contributed by atoms with van der Waals surface area (Å²) in [5.41, 5.74) is 3.18. The molecule has 2 N–H and O–H groups in total. The van der Waals surface area contributed by atoms with E-state index in [1.165, 1.54) is 6.26 Å². The Bertz CT molecular complexity index is 1010. The summed E-state index contributed by atoms with van der Waals surface area (Å²) in [5.74, 6) is -0.199. The van der Waals surface area contributed by atoms with Gasteiger partial charge in [0.15, 0.2) is 9.84 Å². The van der Waals surface area contributed by atoms with E-state index in [2.05, 4.69) is 15.5 Å². The van der Waals surface area contributed by atoms with Gasteiger partial charge in [0, 0.05) is 23.6 Å². The zero-order chi connectivity index (χ0) is 18.7. The van der Waals surface area contributed by atoms with Gasteiger partial charge in [-0.1, -0.05) is 24.3 Å². The summed E-state index contributed by atoms with van der Waals surface area (Å²) in [5, 5.41) is 9.60. The second-order valence-corrected chi connectivity index (χ2v) is 8.12. The fourth-order valence-electron chi connectivity index (χ4n) is 2.62. The van der Waals surface area contributed by atoms with Crippen molar-refractivity contribution in [1.29, 1.82) is 0 Å². The van der Waals surface area contributed by atoms with E-state index in [0.717, 1.165) is 16.7 Å². The number of hydrogen-bond donors (Lipinski definition) is 2. The molecule has 0 aliphatic rings. The summed E-state index contributed by atoms with van der Waals surface area (Å²) in [7, 11) is -3.23. The summed E-state index contributed by atoms with van der Waals surface area (Å²) in [6.45, 7) is 1.85. The Kier molecular flexibility index (Phi) is 4.90. The van der Waals surface area contributed by atoms with Crippen molar-refractivity contribution in [3.8, 4) is 11.1 Å². The van der Waals surface area contributed by atoms with Crippen molar-refractivity contribution < 1.29 is 13.2 Å². The Hall–Kier alpha value is -2.93. The Morgan fingerprint density at radius 3 is 2.46 bits per heavy atom. The van der Waals surface area contributed by atoms with Gasteiger partial charge in [-0.2, -0.15) is 5.10 Å². The first-order valence-electron chi connectivity index (χ1n) is 8.05. The number of rotatable bonds is 5. The van der Waals surface area contributed by atoms with Crippen molar-refractivity contribution in [2.75, 3.05) is 6.26 Å². The maximum Gasteiger partial charge on any atom is 0.251 e. The molecule has 1 atom stereocenters. The van der Waals surface area contributed by atoms with Crippen LogP contribution in [-0.4, -0.2) is 30.8 Å². The van der Waals surface area contributed by atoms with Crippen molar-refractivity contribution in [3.05, 3.63) is 72.1 Å². The van der Waals surface area contributed by atoms with Gasteiger partial charge >= 0.3 is 0 Å². The van der Waals surface area contributed by atoms with Gasteiger partial charge < -0.3 is 5.32 Å². The molecule has 0 bridgehead atoms. The second kappa shape index (κ2) is 7.13. The van der Waals surface area contributed by atoms with Crippen LogP contribution >= 0.6 is 0 Å². The molecule has 0 fully saturated rings. The van der Waals surface area contributed by atoms with Crippen LogP contribution in [0.5, 0.6) is 0 Å². The lowest BCUT2D eigenvalue weighted by molar-refractivity contribution is 0.0940. The molecular formula is C19H19N3O3S. The number of aromatic amines is 1. The molecule has 1 amide bonds. The van der Waals surface area contributed by atoms with Gasteiger partial charge in [-0.3, -0.25) is 9.89 Å². The van der Waals surface area contributed by atoms with Crippen molar-refractivity contribution in [3.63, 3.8) is 0 Å². The number of amides is 1. The highest BCUT2D eigenvalue weighted by atomic mass is 32.2. The number of carbonyl (C=O) groups excluding carboxylic acids is 1. The van der Waals surface area contributed by atoms with E-state index >= 15 is 0 Å². The van der Waals surface area contributed by atoms with E-state index in [9.17, 15) is 13.2 Å². The molecule has 3 rings (SSSR count). The van der Waals surface area contributed by atoms with Crippen LogP contribution in [0.2, 0.25) is 0 Å². The molecule has 6 nitrogen and oxygen atoms in total. The first kappa shape index (κ1) is 17.9. The average molecular weight is 369 g/mol. The van der Waals surface area contributed by atoms with Crippen LogP contribution in [0.3, 0.4) is 0 Å². The van der Waals surface area contributed by atoms with E-state index < -0.39 is 9.84 Å². The van der Waals surface area contributed by atoms with E-state index in [1.807, 2.05) is 19.1 Å². The molecule has 2 aromatic carbocycles. The minimum atomic E-state index is -3.23. The highest BCUT2D eigenvalue weighted by Gasteiger charge is 2.14. The molecule has 0 spiro atoms. The molecule has 3 aromatic rings. The summed E-state index contributed by atoms with van der Waals surface area (Å²) in [4.78, 5) is 12.8. The molecule has 26 heavy (non-hydrogen) atoms. The van der Waals surface area contributed by atoms with Gasteiger partial charge in [0.25, 0.3) is 5.91 Å². The Balaban J connectivity index is 1.74. The molecule has 0 aliphatic heterocycles. The summed E-state index contributed by atoms with van der Waals surface area (Å²) >= 11 is 0. The normalized spacial score (nSPS) is 12.5. The standard InChI is InChI=1S/C19H19N3O3S/c1-13(14-6-8-18(9-7-14)26(2,24)25)22-19(23)16-5-3-4-15(10-16)17-11-20-21-12-17/h3-13H,1-2H3,(H,20,21)(H,22,23). The molecule has 1 heterocycles. The molecular weight excluding hydrogens is 350 g/mol. The van der Waals surface area contributed by atoms with Gasteiger partial charge in [0.2, 0.25) is 0 Å². The third-order valence-electron chi connectivity index (χ3n) is 4.11. The largest absolute Gasteiger partial charge is 0.346 e. The predicted molar refractivity (Wildman–Crippen MR) is 99.5 cm³/mol. The number of aromatic nitrogens is 2. The Labute approximate surface area is 152 Å². The fourth-order valence-corrected chi connectivity index (χ4v) is 3.25. The van der Waals surface area contributed by atoms with Crippen LogP contribution in [0, 0.1) is 0 Å². The van der Waals surface area contributed by atoms with Crippen LogP contribution in [0.4, 0.5) is 0 Å². The van der Waals surface area contributed by atoms with Gasteiger partial charge in [0.1, 0.15) is 0 Å². The summed E-state index contributed by atoms with van der Waals surface area (Å²) in [6.07, 6.45) is 4.63. The Morgan fingerprint density at radius 1 is 1.12 bits per heavy atom. The Morgan fingerprint density at radius 2 is 1.85 bits per heavy atom. The number of benzene rings is 2. The number of hydrogen-bond acceptors (Lipinski definition) is 4. The van der Waals surface area contributed by atoms with E-state index in [4.69, 9.17) is 0 Å². The molecule has 134 valence electrons. The molecule has 0 radical (unpaired) electrons. The zero-order valence-electron chi connectivity index (χ0n) is 14.4. The van der Waals surface area contributed by atoms with E-state index in [1.54, 1.807) is 48.8 Å². The highest BCUT2D eigenvalue weighted by molar-refractivity contribution is 7.90. The number of sulfone groups is 1. The number of nitrogens with zero attached hydrogens (tertiary/aromatic N) is 1. The predicted octanol–water partition coefficient (Wildman–Crippen LogP) is 2.97. The van der Waals surface area contributed by atoms with Crippen molar-refractivity contribution in [2.45, 2.75) is 17.9 Å².